The number of thiazole rings is 1. The van der Waals surface area contributed by atoms with Gasteiger partial charge in [0.2, 0.25) is 11.0 Å². The Hall–Kier alpha value is -0.730. The van der Waals surface area contributed by atoms with Crippen molar-refractivity contribution in [3.8, 4) is 0 Å². The topological polar surface area (TPSA) is 67.2 Å². The second kappa shape index (κ2) is 5.74. The van der Waals surface area contributed by atoms with Gasteiger partial charge in [-0.3, -0.25) is 4.79 Å². The number of hydrogen-bond donors (Lipinski definition) is 2. The number of benzene rings is 1. The van der Waals surface area contributed by atoms with Crippen LogP contribution in [-0.2, 0) is 18.3 Å². The number of aryl methyl sites for hydroxylation is 1. The zero-order chi connectivity index (χ0) is 11.7. The molecule has 6 heteroatoms. The van der Waals surface area contributed by atoms with Gasteiger partial charge in [-0.05, 0) is 12.0 Å². The van der Waals surface area contributed by atoms with Crippen LogP contribution in [0.3, 0.4) is 0 Å². The van der Waals surface area contributed by atoms with Gasteiger partial charge >= 0.3 is 5.97 Å². The first-order chi connectivity index (χ1) is 7.59. The summed E-state index contributed by atoms with van der Waals surface area (Å²) in [5.41, 5.74) is 9.65. The summed E-state index contributed by atoms with van der Waals surface area (Å²) in [4.78, 5) is 10.7. The quantitative estimate of drug-likeness (QED) is 0.475. The van der Waals surface area contributed by atoms with Gasteiger partial charge in [-0.25, -0.2) is 0 Å². The average Bonchev–Trinajstić information content (AvgIpc) is 2.62. The van der Waals surface area contributed by atoms with Gasteiger partial charge in [0.1, 0.15) is 17.8 Å². The molecule has 0 spiro atoms. The number of nitrogens with two attached hydrogens (primary N) is 1. The molecule has 1 heterocycles. The van der Waals surface area contributed by atoms with E-state index in [9.17, 15) is 4.79 Å². The van der Waals surface area contributed by atoms with Crippen molar-refractivity contribution < 1.29 is 38.4 Å². The molecular weight excluding hydrogens is 351 g/mol. The third-order valence-corrected chi connectivity index (χ3v) is 3.67. The van der Waals surface area contributed by atoms with Crippen molar-refractivity contribution in [3.05, 3.63) is 29.3 Å². The highest BCUT2D eigenvalue weighted by atomic mass is 127. The molecule has 0 saturated carbocycles. The number of carbonyl (C=O) groups is 1. The molecule has 4 nitrogen and oxygen atoms in total. The maximum absolute atomic E-state index is 10.7. The lowest BCUT2D eigenvalue weighted by Gasteiger charge is -2.05. The number of rotatable bonds is 3. The normalized spacial score (nSPS) is 12.1. The van der Waals surface area contributed by atoms with Crippen molar-refractivity contribution in [1.82, 2.24) is 0 Å². The van der Waals surface area contributed by atoms with Gasteiger partial charge in [0.25, 0.3) is 0 Å². The lowest BCUT2D eigenvalue weighted by molar-refractivity contribution is -0.640. The van der Waals surface area contributed by atoms with Gasteiger partial charge in [-0.2, -0.15) is 4.57 Å². The molecule has 0 aliphatic carbocycles. The number of nitrogens with zero attached hydrogens (tertiary/aromatic N) is 1. The van der Waals surface area contributed by atoms with Gasteiger partial charge in [0, 0.05) is 6.07 Å². The first-order valence-corrected chi connectivity index (χ1v) is 5.80. The standard InChI is InChI=1S/C11H12N2O2S.HI/c1-13-6-16-10-7(3-2-4-9(10)13)5-8(12)11(14)15;/h2-4,6,8H,5,12H2,1H3;1H/t8-;/m0./s1. The second-order valence-corrected chi connectivity index (χ2v) is 4.60. The van der Waals surface area contributed by atoms with Crippen molar-refractivity contribution in [2.24, 2.45) is 12.8 Å². The van der Waals surface area contributed by atoms with Crippen LogP contribution < -0.4 is 34.3 Å². The van der Waals surface area contributed by atoms with Crippen LogP contribution in [0.2, 0.25) is 0 Å². The van der Waals surface area contributed by atoms with Crippen LogP contribution in [0.5, 0.6) is 0 Å². The first kappa shape index (κ1) is 14.3. The van der Waals surface area contributed by atoms with Gasteiger partial charge in [0.05, 0.1) is 0 Å². The van der Waals surface area contributed by atoms with Gasteiger partial charge in [-0.15, -0.1) is 0 Å². The van der Waals surface area contributed by atoms with E-state index in [0.29, 0.717) is 6.42 Å². The molecule has 17 heavy (non-hydrogen) atoms. The van der Waals surface area contributed by atoms with Crippen LogP contribution >= 0.6 is 11.3 Å². The Kier molecular flexibility index (Phi) is 4.84. The Bertz CT molecular complexity index is 541. The van der Waals surface area contributed by atoms with Crippen molar-refractivity contribution in [2.45, 2.75) is 12.5 Å². The lowest BCUT2D eigenvalue weighted by Crippen LogP contribution is -3.00. The Morgan fingerprint density at radius 1 is 1.59 bits per heavy atom. The summed E-state index contributed by atoms with van der Waals surface area (Å²) in [6, 6.07) is 5.04. The molecule has 0 saturated heterocycles. The largest absolute Gasteiger partial charge is 1.00 e. The number of carboxylic acids is 1. The van der Waals surface area contributed by atoms with E-state index in [1.807, 2.05) is 35.3 Å². The van der Waals surface area contributed by atoms with Crippen molar-refractivity contribution in [2.75, 3.05) is 0 Å². The summed E-state index contributed by atoms with van der Waals surface area (Å²) in [6.45, 7) is 0. The monoisotopic (exact) mass is 364 g/mol. The molecule has 1 aromatic carbocycles. The molecular formula is C11H13IN2O2S. The number of halogens is 1. The predicted octanol–water partition coefficient (Wildman–Crippen LogP) is -2.32. The Morgan fingerprint density at radius 2 is 2.29 bits per heavy atom. The summed E-state index contributed by atoms with van der Waals surface area (Å²) in [6.07, 6.45) is 0.368. The van der Waals surface area contributed by atoms with E-state index in [-0.39, 0.29) is 24.0 Å². The molecule has 0 fully saturated rings. The second-order valence-electron chi connectivity index (χ2n) is 3.75. The van der Waals surface area contributed by atoms with Crippen LogP contribution in [0.25, 0.3) is 10.2 Å². The zero-order valence-corrected chi connectivity index (χ0v) is 12.2. The summed E-state index contributed by atoms with van der Waals surface area (Å²) in [5.74, 6) is -0.960. The smallest absolute Gasteiger partial charge is 0.320 e. The maximum Gasteiger partial charge on any atom is 0.320 e. The van der Waals surface area contributed by atoms with Gasteiger partial charge in [0.15, 0.2) is 0 Å². The van der Waals surface area contributed by atoms with Crippen LogP contribution in [0.15, 0.2) is 23.7 Å². The summed E-state index contributed by atoms with van der Waals surface area (Å²) in [7, 11) is 1.97. The molecule has 1 atom stereocenters. The number of aliphatic carboxylic acids is 1. The molecule has 2 rings (SSSR count). The fourth-order valence-electron chi connectivity index (χ4n) is 1.66. The van der Waals surface area contributed by atoms with E-state index in [0.717, 1.165) is 15.8 Å². The molecule has 0 bridgehead atoms. The van der Waals surface area contributed by atoms with Crippen molar-refractivity contribution >= 4 is 27.5 Å². The van der Waals surface area contributed by atoms with E-state index < -0.39 is 12.0 Å². The van der Waals surface area contributed by atoms with E-state index in [4.69, 9.17) is 10.8 Å². The SMILES string of the molecule is C[n+]1csc2c(C[C@H](N)C(=O)O)cccc21.[I-]. The van der Waals surface area contributed by atoms with Crippen LogP contribution in [0.4, 0.5) is 0 Å². The minimum atomic E-state index is -0.960. The van der Waals surface area contributed by atoms with Crippen molar-refractivity contribution in [1.29, 1.82) is 0 Å². The van der Waals surface area contributed by atoms with Crippen molar-refractivity contribution in [3.63, 3.8) is 0 Å². The summed E-state index contributed by atoms with van der Waals surface area (Å²) in [5, 5.41) is 8.79. The lowest BCUT2D eigenvalue weighted by atomic mass is 10.1. The minimum absolute atomic E-state index is 0. The molecule has 0 amide bonds. The molecule has 0 aliphatic rings. The molecule has 0 unspecified atom stereocenters. The van der Waals surface area contributed by atoms with Crippen LogP contribution in [-0.4, -0.2) is 17.1 Å². The number of aromatic nitrogens is 1. The molecule has 0 radical (unpaired) electrons. The third-order valence-electron chi connectivity index (χ3n) is 2.54. The molecule has 1 aromatic heterocycles. The maximum atomic E-state index is 10.7. The highest BCUT2D eigenvalue weighted by molar-refractivity contribution is 7.16. The minimum Gasteiger partial charge on any atom is -1.00 e. The highest BCUT2D eigenvalue weighted by Crippen LogP contribution is 2.21. The average molecular weight is 364 g/mol. The number of carboxylic acid groups (broad SMARTS) is 1. The van der Waals surface area contributed by atoms with Gasteiger partial charge < -0.3 is 34.8 Å². The highest BCUT2D eigenvalue weighted by Gasteiger charge is 2.17. The Labute approximate surface area is 120 Å². The fraction of sp³-hybridized carbons (Fsp3) is 0.273. The summed E-state index contributed by atoms with van der Waals surface area (Å²) >= 11 is 1.61. The molecule has 92 valence electrons. The summed E-state index contributed by atoms with van der Waals surface area (Å²) < 4.78 is 3.14. The van der Waals surface area contributed by atoms with Crippen LogP contribution in [0, 0.1) is 0 Å². The van der Waals surface area contributed by atoms with Crippen LogP contribution in [0.1, 0.15) is 5.56 Å². The molecule has 2 aromatic rings. The third kappa shape index (κ3) is 2.93. The Morgan fingerprint density at radius 3 is 2.94 bits per heavy atom. The van der Waals surface area contributed by atoms with Gasteiger partial charge in [-0.1, -0.05) is 23.5 Å². The first-order valence-electron chi connectivity index (χ1n) is 4.92. The fourth-order valence-corrected chi connectivity index (χ4v) is 2.67. The predicted molar refractivity (Wildman–Crippen MR) is 62.3 cm³/mol. The van der Waals surface area contributed by atoms with E-state index >= 15 is 0 Å². The van der Waals surface area contributed by atoms with E-state index in [2.05, 4.69) is 0 Å². The Balaban J connectivity index is 0.00000144. The van der Waals surface area contributed by atoms with E-state index in [1.165, 1.54) is 0 Å². The van der Waals surface area contributed by atoms with E-state index in [1.54, 1.807) is 11.3 Å². The number of hydrogen-bond acceptors (Lipinski definition) is 3. The molecule has 3 N–H and O–H groups in total. The molecule has 0 aliphatic heterocycles. The number of fused-ring (bicyclic) bond motifs is 1. The zero-order valence-electron chi connectivity index (χ0n) is 9.26.